The van der Waals surface area contributed by atoms with Crippen molar-refractivity contribution in [3.63, 3.8) is 0 Å². The minimum Gasteiger partial charge on any atom is -0.479 e. The van der Waals surface area contributed by atoms with E-state index in [4.69, 9.17) is 4.74 Å². The zero-order valence-electron chi connectivity index (χ0n) is 7.62. The lowest BCUT2D eigenvalue weighted by atomic mass is 9.84. The highest BCUT2D eigenvalue weighted by Crippen LogP contribution is 2.37. The van der Waals surface area contributed by atoms with E-state index in [0.717, 1.165) is 12.2 Å². The van der Waals surface area contributed by atoms with Crippen LogP contribution in [-0.4, -0.2) is 19.0 Å². The van der Waals surface area contributed by atoms with E-state index in [1.807, 2.05) is 6.21 Å². The van der Waals surface area contributed by atoms with Crippen LogP contribution in [-0.2, 0) is 4.74 Å². The zero-order valence-corrected chi connectivity index (χ0v) is 7.62. The molecule has 0 aromatic carbocycles. The highest BCUT2D eigenvalue weighted by atomic mass is 16.5. The molecule has 1 saturated heterocycles. The standard InChI is InChI=1S/C10H14N2O/c1-2-7-3-4-8-10(13-6-12-8)9(7)11-5-1/h5,7-8,12H,1-4,6H2. The van der Waals surface area contributed by atoms with Crippen molar-refractivity contribution in [3.05, 3.63) is 11.5 Å². The van der Waals surface area contributed by atoms with Crippen molar-refractivity contribution in [2.75, 3.05) is 6.73 Å². The van der Waals surface area contributed by atoms with E-state index in [2.05, 4.69) is 10.3 Å². The van der Waals surface area contributed by atoms with Crippen molar-refractivity contribution < 1.29 is 4.74 Å². The molecular formula is C10H14N2O. The van der Waals surface area contributed by atoms with Crippen LogP contribution in [0.2, 0.25) is 0 Å². The third-order valence-electron chi connectivity index (χ3n) is 3.19. The molecule has 70 valence electrons. The Kier molecular flexibility index (Phi) is 1.65. The number of nitrogens with one attached hydrogen (secondary N) is 1. The molecular weight excluding hydrogens is 164 g/mol. The maximum atomic E-state index is 5.58. The number of nitrogens with zero attached hydrogens (tertiary/aromatic N) is 1. The third kappa shape index (κ3) is 1.10. The summed E-state index contributed by atoms with van der Waals surface area (Å²) in [7, 11) is 0. The predicted octanol–water partition coefficient (Wildman–Crippen LogP) is 1.42. The average Bonchev–Trinajstić information content (AvgIpc) is 2.65. The molecule has 2 aliphatic heterocycles. The van der Waals surface area contributed by atoms with Crippen LogP contribution in [0.5, 0.6) is 0 Å². The predicted molar refractivity (Wildman–Crippen MR) is 50.4 cm³/mol. The van der Waals surface area contributed by atoms with Gasteiger partial charge in [0.15, 0.2) is 0 Å². The fraction of sp³-hybridized carbons (Fsp3) is 0.700. The highest BCUT2D eigenvalue weighted by molar-refractivity contribution is 5.61. The monoisotopic (exact) mass is 178 g/mol. The molecule has 1 N–H and O–H groups in total. The van der Waals surface area contributed by atoms with Gasteiger partial charge in [-0.15, -0.1) is 0 Å². The molecule has 2 heterocycles. The Bertz CT molecular complexity index is 283. The zero-order chi connectivity index (χ0) is 8.67. The average molecular weight is 178 g/mol. The van der Waals surface area contributed by atoms with Crippen molar-refractivity contribution >= 4 is 6.21 Å². The Labute approximate surface area is 77.9 Å². The molecule has 0 amide bonds. The molecule has 0 spiro atoms. The quantitative estimate of drug-likeness (QED) is 0.608. The van der Waals surface area contributed by atoms with Crippen molar-refractivity contribution in [2.24, 2.45) is 10.9 Å². The van der Waals surface area contributed by atoms with Crippen LogP contribution in [0.4, 0.5) is 0 Å². The number of hydrogen-bond acceptors (Lipinski definition) is 3. The summed E-state index contributed by atoms with van der Waals surface area (Å²) < 4.78 is 5.58. The van der Waals surface area contributed by atoms with Crippen LogP contribution in [0.3, 0.4) is 0 Å². The number of fused-ring (bicyclic) bond motifs is 2. The Balaban J connectivity index is 2.03. The topological polar surface area (TPSA) is 33.6 Å². The number of hydrogen-bond donors (Lipinski definition) is 1. The molecule has 0 radical (unpaired) electrons. The van der Waals surface area contributed by atoms with E-state index in [-0.39, 0.29) is 0 Å². The second-order valence-electron chi connectivity index (χ2n) is 3.96. The molecule has 2 atom stereocenters. The molecule has 0 aromatic heterocycles. The summed E-state index contributed by atoms with van der Waals surface area (Å²) >= 11 is 0. The number of aliphatic imine (C=N–C) groups is 1. The lowest BCUT2D eigenvalue weighted by Gasteiger charge is -2.28. The molecule has 1 fully saturated rings. The maximum absolute atomic E-state index is 5.58. The molecule has 0 saturated carbocycles. The second kappa shape index (κ2) is 2.84. The Morgan fingerprint density at radius 3 is 3.38 bits per heavy atom. The largest absolute Gasteiger partial charge is 0.479 e. The lowest BCUT2D eigenvalue weighted by molar-refractivity contribution is 0.239. The number of rotatable bonds is 0. The summed E-state index contributed by atoms with van der Waals surface area (Å²) in [5.41, 5.74) is 1.23. The van der Waals surface area contributed by atoms with E-state index in [1.54, 1.807) is 0 Å². The van der Waals surface area contributed by atoms with Gasteiger partial charge in [-0.1, -0.05) is 0 Å². The normalized spacial score (nSPS) is 36.9. The van der Waals surface area contributed by atoms with Gasteiger partial charge < -0.3 is 4.74 Å². The smallest absolute Gasteiger partial charge is 0.139 e. The van der Waals surface area contributed by atoms with Gasteiger partial charge in [-0.3, -0.25) is 10.3 Å². The van der Waals surface area contributed by atoms with Crippen LogP contribution in [0.15, 0.2) is 16.4 Å². The maximum Gasteiger partial charge on any atom is 0.139 e. The summed E-state index contributed by atoms with van der Waals surface area (Å²) in [6.45, 7) is 0.672. The molecule has 2 unspecified atom stereocenters. The highest BCUT2D eigenvalue weighted by Gasteiger charge is 2.34. The molecule has 3 aliphatic rings. The van der Waals surface area contributed by atoms with Gasteiger partial charge >= 0.3 is 0 Å². The molecule has 3 nitrogen and oxygen atoms in total. The van der Waals surface area contributed by atoms with Crippen molar-refractivity contribution in [3.8, 4) is 0 Å². The van der Waals surface area contributed by atoms with Gasteiger partial charge in [-0.25, -0.2) is 0 Å². The van der Waals surface area contributed by atoms with Gasteiger partial charge in [0.2, 0.25) is 0 Å². The molecule has 0 bridgehead atoms. The first-order chi connectivity index (χ1) is 6.45. The van der Waals surface area contributed by atoms with E-state index in [9.17, 15) is 0 Å². The van der Waals surface area contributed by atoms with Crippen LogP contribution < -0.4 is 5.32 Å². The first kappa shape index (κ1) is 7.56. The van der Waals surface area contributed by atoms with Crippen LogP contribution in [0, 0.1) is 5.92 Å². The fourth-order valence-electron chi connectivity index (χ4n) is 2.49. The molecule has 3 rings (SSSR count). The lowest BCUT2D eigenvalue weighted by Crippen LogP contribution is -2.29. The molecule has 13 heavy (non-hydrogen) atoms. The Morgan fingerprint density at radius 2 is 2.38 bits per heavy atom. The van der Waals surface area contributed by atoms with Gasteiger partial charge in [0, 0.05) is 12.1 Å². The van der Waals surface area contributed by atoms with E-state index in [0.29, 0.717) is 18.7 Å². The Hall–Kier alpha value is -0.830. The second-order valence-corrected chi connectivity index (χ2v) is 3.96. The van der Waals surface area contributed by atoms with E-state index >= 15 is 0 Å². The van der Waals surface area contributed by atoms with E-state index < -0.39 is 0 Å². The van der Waals surface area contributed by atoms with E-state index in [1.165, 1.54) is 25.0 Å². The summed E-state index contributed by atoms with van der Waals surface area (Å²) in [6.07, 6.45) is 6.93. The van der Waals surface area contributed by atoms with Gasteiger partial charge in [-0.2, -0.15) is 0 Å². The number of allylic oxidation sites excluding steroid dienone is 1. The van der Waals surface area contributed by atoms with Crippen LogP contribution in [0.25, 0.3) is 0 Å². The van der Waals surface area contributed by atoms with Crippen molar-refractivity contribution in [1.29, 1.82) is 0 Å². The summed E-state index contributed by atoms with van der Waals surface area (Å²) in [6, 6.07) is 0.460. The SMILES string of the molecule is C1=NC2=C3OCNC3CCC2CC1. The van der Waals surface area contributed by atoms with Crippen molar-refractivity contribution in [1.82, 2.24) is 5.32 Å². The van der Waals surface area contributed by atoms with Crippen LogP contribution >= 0.6 is 0 Å². The summed E-state index contributed by atoms with van der Waals surface area (Å²) in [5, 5.41) is 3.34. The van der Waals surface area contributed by atoms with Crippen molar-refractivity contribution in [2.45, 2.75) is 31.7 Å². The van der Waals surface area contributed by atoms with Crippen LogP contribution in [0.1, 0.15) is 25.7 Å². The molecule has 3 heteroatoms. The fourth-order valence-corrected chi connectivity index (χ4v) is 2.49. The Morgan fingerprint density at radius 1 is 1.38 bits per heavy atom. The third-order valence-corrected chi connectivity index (χ3v) is 3.19. The van der Waals surface area contributed by atoms with Gasteiger partial charge in [0.1, 0.15) is 12.5 Å². The minimum absolute atomic E-state index is 0.460. The number of ether oxygens (including phenoxy) is 1. The first-order valence-electron chi connectivity index (χ1n) is 5.08. The molecule has 1 aliphatic carbocycles. The minimum atomic E-state index is 0.460. The first-order valence-corrected chi connectivity index (χ1v) is 5.08. The van der Waals surface area contributed by atoms with Gasteiger partial charge in [0.05, 0.1) is 11.7 Å². The molecule has 0 aromatic rings. The summed E-state index contributed by atoms with van der Waals surface area (Å²) in [5.74, 6) is 1.81. The van der Waals surface area contributed by atoms with Gasteiger partial charge in [-0.05, 0) is 25.7 Å². The summed E-state index contributed by atoms with van der Waals surface area (Å²) in [4.78, 5) is 4.48. The van der Waals surface area contributed by atoms with Gasteiger partial charge in [0.25, 0.3) is 0 Å².